The van der Waals surface area contributed by atoms with Gasteiger partial charge in [0.2, 0.25) is 5.91 Å². The molecule has 2 rings (SSSR count). The van der Waals surface area contributed by atoms with Gasteiger partial charge < -0.3 is 10.6 Å². The highest BCUT2D eigenvalue weighted by atomic mass is 35.5. The van der Waals surface area contributed by atoms with E-state index in [9.17, 15) is 4.79 Å². The fourth-order valence-corrected chi connectivity index (χ4v) is 3.06. The molecule has 22 heavy (non-hydrogen) atoms. The lowest BCUT2D eigenvalue weighted by atomic mass is 10.1. The first-order valence-corrected chi connectivity index (χ1v) is 8.16. The molecule has 2 N–H and O–H groups in total. The Morgan fingerprint density at radius 2 is 1.95 bits per heavy atom. The Bertz CT molecular complexity index is 545. The molecule has 1 heterocycles. The maximum Gasteiger partial charge on any atom is 0.230 e. The van der Waals surface area contributed by atoms with Crippen molar-refractivity contribution in [1.82, 2.24) is 4.90 Å². The maximum atomic E-state index is 12.7. The van der Waals surface area contributed by atoms with E-state index >= 15 is 0 Å². The number of carbonyl (C=O) groups is 1. The van der Waals surface area contributed by atoms with Gasteiger partial charge in [0.15, 0.2) is 0 Å². The Hall–Kier alpha value is -1.36. The summed E-state index contributed by atoms with van der Waals surface area (Å²) in [7, 11) is 0. The molecule has 1 aromatic carbocycles. The Morgan fingerprint density at radius 3 is 2.55 bits per heavy atom. The molecule has 0 fully saturated rings. The Balaban J connectivity index is 0.00000242. The minimum absolute atomic E-state index is 0. The molecule has 0 aliphatic carbocycles. The summed E-state index contributed by atoms with van der Waals surface area (Å²) in [4.78, 5) is 15.8. The lowest BCUT2D eigenvalue weighted by Crippen LogP contribution is -2.35. The molecule has 1 atom stereocenters. The molecule has 3 nitrogen and oxygen atoms in total. The van der Waals surface area contributed by atoms with E-state index in [1.165, 1.54) is 0 Å². The second kappa shape index (κ2) is 9.62. The number of hydrogen-bond acceptors (Lipinski definition) is 3. The molecule has 2 aromatic rings. The third-order valence-corrected chi connectivity index (χ3v) is 4.56. The SMILES string of the molecule is CC(C(=O)N(CCCN)Cc1ccccc1)c1cccs1.Cl. The summed E-state index contributed by atoms with van der Waals surface area (Å²) in [6.07, 6.45) is 0.829. The van der Waals surface area contributed by atoms with Crippen molar-refractivity contribution in [2.45, 2.75) is 25.8 Å². The molecule has 0 aliphatic rings. The van der Waals surface area contributed by atoms with Gasteiger partial charge in [0.05, 0.1) is 5.92 Å². The van der Waals surface area contributed by atoms with Crippen LogP contribution in [0.2, 0.25) is 0 Å². The van der Waals surface area contributed by atoms with Crippen molar-refractivity contribution in [3.63, 3.8) is 0 Å². The first-order valence-electron chi connectivity index (χ1n) is 7.28. The number of nitrogens with zero attached hydrogens (tertiary/aromatic N) is 1. The third-order valence-electron chi connectivity index (χ3n) is 3.50. The van der Waals surface area contributed by atoms with Crippen molar-refractivity contribution >= 4 is 29.7 Å². The van der Waals surface area contributed by atoms with Crippen molar-refractivity contribution in [3.05, 3.63) is 58.3 Å². The van der Waals surface area contributed by atoms with Crippen molar-refractivity contribution in [2.75, 3.05) is 13.1 Å². The second-order valence-corrected chi connectivity index (χ2v) is 6.10. The average molecular weight is 339 g/mol. The van der Waals surface area contributed by atoms with Crippen molar-refractivity contribution < 1.29 is 4.79 Å². The maximum absolute atomic E-state index is 12.7. The fourth-order valence-electron chi connectivity index (χ4n) is 2.29. The summed E-state index contributed by atoms with van der Waals surface area (Å²) in [5, 5.41) is 2.01. The minimum Gasteiger partial charge on any atom is -0.338 e. The van der Waals surface area contributed by atoms with Crippen LogP contribution in [0.5, 0.6) is 0 Å². The van der Waals surface area contributed by atoms with Gasteiger partial charge >= 0.3 is 0 Å². The predicted molar refractivity (Wildman–Crippen MR) is 95.5 cm³/mol. The molecular formula is C17H23ClN2OS. The molecule has 0 saturated carbocycles. The Labute approximate surface area is 142 Å². The van der Waals surface area contributed by atoms with E-state index < -0.39 is 0 Å². The molecule has 5 heteroatoms. The normalized spacial score (nSPS) is 11.5. The molecule has 0 bridgehead atoms. The smallest absolute Gasteiger partial charge is 0.230 e. The molecule has 0 saturated heterocycles. The van der Waals surface area contributed by atoms with Gasteiger partial charge in [-0.2, -0.15) is 0 Å². The first kappa shape index (κ1) is 18.7. The number of carbonyl (C=O) groups excluding carboxylic acids is 1. The highest BCUT2D eigenvalue weighted by Gasteiger charge is 2.22. The summed E-state index contributed by atoms with van der Waals surface area (Å²) >= 11 is 1.63. The molecule has 0 spiro atoms. The van der Waals surface area contributed by atoms with E-state index in [0.29, 0.717) is 19.6 Å². The number of hydrogen-bond donors (Lipinski definition) is 1. The zero-order valence-corrected chi connectivity index (χ0v) is 14.4. The van der Waals surface area contributed by atoms with Crippen LogP contribution in [-0.2, 0) is 11.3 Å². The van der Waals surface area contributed by atoms with Crippen molar-refractivity contribution in [3.8, 4) is 0 Å². The summed E-state index contributed by atoms with van der Waals surface area (Å²) in [5.74, 6) is 0.0845. The predicted octanol–water partition coefficient (Wildman–Crippen LogP) is 3.65. The summed E-state index contributed by atoms with van der Waals surface area (Å²) < 4.78 is 0. The highest BCUT2D eigenvalue weighted by Crippen LogP contribution is 2.23. The standard InChI is InChI=1S/C17H22N2OS.ClH/c1-14(16-9-5-12-21-16)17(20)19(11-6-10-18)13-15-7-3-2-4-8-15;/h2-5,7-9,12,14H,6,10-11,13,18H2,1H3;1H. The lowest BCUT2D eigenvalue weighted by molar-refractivity contribution is -0.133. The molecule has 0 aliphatic heterocycles. The van der Waals surface area contributed by atoms with Gasteiger partial charge in [0.25, 0.3) is 0 Å². The number of nitrogens with two attached hydrogens (primary N) is 1. The van der Waals surface area contributed by atoms with Gasteiger partial charge in [-0.25, -0.2) is 0 Å². The zero-order chi connectivity index (χ0) is 15.1. The van der Waals surface area contributed by atoms with Gasteiger partial charge in [-0.05, 0) is 36.9 Å². The quantitative estimate of drug-likeness (QED) is 0.837. The van der Waals surface area contributed by atoms with Crippen LogP contribution in [-0.4, -0.2) is 23.9 Å². The van der Waals surface area contributed by atoms with Gasteiger partial charge in [0, 0.05) is 18.0 Å². The molecular weight excluding hydrogens is 316 g/mol. The summed E-state index contributed by atoms with van der Waals surface area (Å²) in [5.41, 5.74) is 6.76. The van der Waals surface area contributed by atoms with Crippen LogP contribution in [0.1, 0.15) is 29.7 Å². The average Bonchev–Trinajstić information content (AvgIpc) is 3.05. The third kappa shape index (κ3) is 5.13. The monoisotopic (exact) mass is 338 g/mol. The van der Waals surface area contributed by atoms with Crippen LogP contribution in [0.4, 0.5) is 0 Å². The van der Waals surface area contributed by atoms with Crippen LogP contribution >= 0.6 is 23.7 Å². The van der Waals surface area contributed by atoms with E-state index in [1.807, 2.05) is 47.5 Å². The van der Waals surface area contributed by atoms with E-state index in [1.54, 1.807) is 11.3 Å². The summed E-state index contributed by atoms with van der Waals surface area (Å²) in [6, 6.07) is 14.1. The van der Waals surface area contributed by atoms with Crippen molar-refractivity contribution in [2.24, 2.45) is 5.73 Å². The molecule has 1 unspecified atom stereocenters. The van der Waals surface area contributed by atoms with Crippen LogP contribution in [0.25, 0.3) is 0 Å². The fraction of sp³-hybridized carbons (Fsp3) is 0.353. The molecule has 0 radical (unpaired) electrons. The van der Waals surface area contributed by atoms with E-state index in [2.05, 4.69) is 12.1 Å². The van der Waals surface area contributed by atoms with Gasteiger partial charge in [-0.3, -0.25) is 4.79 Å². The topological polar surface area (TPSA) is 46.3 Å². The van der Waals surface area contributed by atoms with Crippen LogP contribution in [0, 0.1) is 0 Å². The Kier molecular flexibility index (Phi) is 8.17. The van der Waals surface area contributed by atoms with Crippen molar-refractivity contribution in [1.29, 1.82) is 0 Å². The lowest BCUT2D eigenvalue weighted by Gasteiger charge is -2.25. The molecule has 1 aromatic heterocycles. The van der Waals surface area contributed by atoms with Crippen LogP contribution < -0.4 is 5.73 Å². The van der Waals surface area contributed by atoms with Gasteiger partial charge in [-0.15, -0.1) is 23.7 Å². The van der Waals surface area contributed by atoms with Crippen LogP contribution in [0.15, 0.2) is 47.8 Å². The van der Waals surface area contributed by atoms with E-state index in [4.69, 9.17) is 5.73 Å². The van der Waals surface area contributed by atoms with Gasteiger partial charge in [0.1, 0.15) is 0 Å². The number of thiophene rings is 1. The van der Waals surface area contributed by atoms with E-state index in [-0.39, 0.29) is 24.2 Å². The van der Waals surface area contributed by atoms with Gasteiger partial charge in [-0.1, -0.05) is 36.4 Å². The summed E-state index contributed by atoms with van der Waals surface area (Å²) in [6.45, 7) is 3.94. The number of rotatable bonds is 7. The highest BCUT2D eigenvalue weighted by molar-refractivity contribution is 7.10. The largest absolute Gasteiger partial charge is 0.338 e. The molecule has 1 amide bonds. The van der Waals surface area contributed by atoms with E-state index in [0.717, 1.165) is 16.9 Å². The zero-order valence-electron chi connectivity index (χ0n) is 12.8. The number of halogens is 1. The number of amides is 1. The number of benzene rings is 1. The van der Waals surface area contributed by atoms with Crippen LogP contribution in [0.3, 0.4) is 0 Å². The first-order chi connectivity index (χ1) is 10.2. The molecule has 120 valence electrons. The second-order valence-electron chi connectivity index (χ2n) is 5.12. The minimum atomic E-state index is -0.0912. The Morgan fingerprint density at radius 1 is 1.23 bits per heavy atom.